The lowest BCUT2D eigenvalue weighted by atomic mass is 10.1. The van der Waals surface area contributed by atoms with Crippen LogP contribution in [0.15, 0.2) is 30.3 Å². The Labute approximate surface area is 128 Å². The number of alkyl halides is 6. The average Bonchev–Trinajstić information content (AvgIpc) is 2.50. The van der Waals surface area contributed by atoms with Gasteiger partial charge in [-0.3, -0.25) is 4.79 Å². The summed E-state index contributed by atoms with van der Waals surface area (Å²) in [7, 11) is 0. The van der Waals surface area contributed by atoms with Gasteiger partial charge in [-0.2, -0.15) is 8.78 Å². The number of carbonyl (C=O) groups excluding carboxylic acids is 1. The SMILES string of the molecule is O=C(SCCCC(F)C(F)(F)C(F)C(F)F)c1ccccc1. The van der Waals surface area contributed by atoms with Crippen molar-refractivity contribution in [2.75, 3.05) is 5.75 Å². The molecule has 0 aliphatic carbocycles. The standard InChI is InChI=1S/C14H14F6OS/c15-10(14(19,20)11(16)12(17)18)7-4-8-22-13(21)9-5-2-1-3-6-9/h1-3,5-6,10-12H,4,7-8H2. The predicted octanol–water partition coefficient (Wildman–Crippen LogP) is 4.92. The predicted molar refractivity (Wildman–Crippen MR) is 73.2 cm³/mol. The summed E-state index contributed by atoms with van der Waals surface area (Å²) in [6.45, 7) is 0. The normalized spacial score (nSPS) is 14.9. The molecule has 0 radical (unpaired) electrons. The van der Waals surface area contributed by atoms with Gasteiger partial charge in [-0.05, 0) is 12.8 Å². The molecule has 0 heterocycles. The van der Waals surface area contributed by atoms with Crippen LogP contribution in [0.3, 0.4) is 0 Å². The monoisotopic (exact) mass is 344 g/mol. The molecule has 124 valence electrons. The Morgan fingerprint density at radius 3 is 2.23 bits per heavy atom. The molecule has 1 nitrogen and oxygen atoms in total. The number of benzene rings is 1. The van der Waals surface area contributed by atoms with Gasteiger partial charge in [0.05, 0.1) is 0 Å². The number of rotatable bonds is 8. The zero-order valence-electron chi connectivity index (χ0n) is 11.3. The number of carbonyl (C=O) groups is 1. The molecule has 1 rings (SSSR count). The van der Waals surface area contributed by atoms with E-state index in [1.165, 1.54) is 0 Å². The second-order valence-electron chi connectivity index (χ2n) is 4.52. The first kappa shape index (κ1) is 18.9. The number of hydrogen-bond donors (Lipinski definition) is 0. The minimum Gasteiger partial charge on any atom is -0.282 e. The zero-order chi connectivity index (χ0) is 16.8. The molecule has 22 heavy (non-hydrogen) atoms. The Balaban J connectivity index is 2.36. The van der Waals surface area contributed by atoms with Crippen LogP contribution < -0.4 is 0 Å². The van der Waals surface area contributed by atoms with Crippen LogP contribution >= 0.6 is 11.8 Å². The van der Waals surface area contributed by atoms with E-state index < -0.39 is 31.1 Å². The van der Waals surface area contributed by atoms with Gasteiger partial charge in [0, 0.05) is 11.3 Å². The van der Waals surface area contributed by atoms with E-state index in [2.05, 4.69) is 0 Å². The largest absolute Gasteiger partial charge is 0.314 e. The number of halogens is 6. The van der Waals surface area contributed by atoms with E-state index >= 15 is 0 Å². The third-order valence-corrected chi connectivity index (χ3v) is 3.84. The van der Waals surface area contributed by atoms with Gasteiger partial charge in [-0.15, -0.1) is 0 Å². The van der Waals surface area contributed by atoms with E-state index in [0.29, 0.717) is 5.56 Å². The van der Waals surface area contributed by atoms with Crippen molar-refractivity contribution in [2.45, 2.75) is 37.5 Å². The fourth-order valence-corrected chi connectivity index (χ4v) is 2.42. The van der Waals surface area contributed by atoms with E-state index in [4.69, 9.17) is 0 Å². The third-order valence-electron chi connectivity index (χ3n) is 2.85. The molecular weight excluding hydrogens is 330 g/mol. The summed E-state index contributed by atoms with van der Waals surface area (Å²) in [5.74, 6) is -4.70. The van der Waals surface area contributed by atoms with Crippen molar-refractivity contribution in [1.82, 2.24) is 0 Å². The first-order valence-electron chi connectivity index (χ1n) is 6.43. The molecule has 1 aromatic carbocycles. The van der Waals surface area contributed by atoms with Gasteiger partial charge in [0.15, 0.2) is 6.17 Å². The van der Waals surface area contributed by atoms with E-state index in [1.54, 1.807) is 30.3 Å². The maximum absolute atomic E-state index is 13.2. The van der Waals surface area contributed by atoms with Gasteiger partial charge in [0.2, 0.25) is 11.3 Å². The van der Waals surface area contributed by atoms with E-state index in [9.17, 15) is 31.1 Å². The summed E-state index contributed by atoms with van der Waals surface area (Å²) in [6.07, 6.45) is -11.7. The van der Waals surface area contributed by atoms with Gasteiger partial charge in [0.1, 0.15) is 0 Å². The van der Waals surface area contributed by atoms with Crippen molar-refractivity contribution in [1.29, 1.82) is 0 Å². The molecule has 0 aliphatic rings. The Morgan fingerprint density at radius 2 is 1.68 bits per heavy atom. The van der Waals surface area contributed by atoms with Gasteiger partial charge < -0.3 is 0 Å². The van der Waals surface area contributed by atoms with Crippen molar-refractivity contribution in [2.24, 2.45) is 0 Å². The van der Waals surface area contributed by atoms with Gasteiger partial charge in [-0.1, -0.05) is 42.1 Å². The Hall–Kier alpha value is -1.18. The fourth-order valence-electron chi connectivity index (χ4n) is 1.62. The van der Waals surface area contributed by atoms with E-state index in [-0.39, 0.29) is 17.3 Å². The minimum atomic E-state index is -4.73. The second kappa shape index (κ2) is 8.45. The smallest absolute Gasteiger partial charge is 0.282 e. The van der Waals surface area contributed by atoms with Crippen molar-refractivity contribution >= 4 is 16.9 Å². The van der Waals surface area contributed by atoms with Gasteiger partial charge in [-0.25, -0.2) is 17.6 Å². The molecule has 0 N–H and O–H groups in total. The van der Waals surface area contributed by atoms with Crippen LogP contribution in [0.5, 0.6) is 0 Å². The highest BCUT2D eigenvalue weighted by molar-refractivity contribution is 8.14. The molecule has 0 fully saturated rings. The van der Waals surface area contributed by atoms with E-state index in [0.717, 1.165) is 11.8 Å². The molecular formula is C14H14F6OS. The Bertz CT molecular complexity index is 468. The average molecular weight is 344 g/mol. The highest BCUT2D eigenvalue weighted by Crippen LogP contribution is 2.34. The van der Waals surface area contributed by atoms with Crippen molar-refractivity contribution < 1.29 is 31.1 Å². The molecule has 2 unspecified atom stereocenters. The number of thioether (sulfide) groups is 1. The van der Waals surface area contributed by atoms with Crippen LogP contribution in [0.25, 0.3) is 0 Å². The highest BCUT2D eigenvalue weighted by atomic mass is 32.2. The molecule has 0 spiro atoms. The molecule has 0 bridgehead atoms. The maximum atomic E-state index is 13.2. The van der Waals surface area contributed by atoms with Gasteiger partial charge in [0.25, 0.3) is 6.43 Å². The molecule has 2 atom stereocenters. The molecule has 0 saturated carbocycles. The van der Waals surface area contributed by atoms with Crippen LogP contribution in [0.4, 0.5) is 26.3 Å². The Kier molecular flexibility index (Phi) is 7.25. The van der Waals surface area contributed by atoms with Crippen LogP contribution in [0.2, 0.25) is 0 Å². The Morgan fingerprint density at radius 1 is 1.09 bits per heavy atom. The second-order valence-corrected chi connectivity index (χ2v) is 5.59. The summed E-state index contributed by atoms with van der Waals surface area (Å²) in [6, 6.07) is 8.15. The summed E-state index contributed by atoms with van der Waals surface area (Å²) in [4.78, 5) is 11.6. The van der Waals surface area contributed by atoms with Crippen molar-refractivity contribution in [3.8, 4) is 0 Å². The maximum Gasteiger partial charge on any atom is 0.314 e. The molecule has 0 saturated heterocycles. The zero-order valence-corrected chi connectivity index (χ0v) is 12.1. The van der Waals surface area contributed by atoms with Gasteiger partial charge >= 0.3 is 5.92 Å². The van der Waals surface area contributed by atoms with Crippen LogP contribution in [0.1, 0.15) is 23.2 Å². The topological polar surface area (TPSA) is 17.1 Å². The first-order valence-corrected chi connectivity index (χ1v) is 7.41. The lowest BCUT2D eigenvalue weighted by Gasteiger charge is -2.23. The lowest BCUT2D eigenvalue weighted by molar-refractivity contribution is -0.167. The summed E-state index contributed by atoms with van der Waals surface area (Å²) in [5, 5.41) is -0.307. The molecule has 8 heteroatoms. The van der Waals surface area contributed by atoms with Crippen molar-refractivity contribution in [3.63, 3.8) is 0 Å². The summed E-state index contributed by atoms with van der Waals surface area (Å²) in [5.41, 5.74) is 0.413. The van der Waals surface area contributed by atoms with E-state index in [1.807, 2.05) is 0 Å². The quantitative estimate of drug-likeness (QED) is 0.492. The van der Waals surface area contributed by atoms with Crippen LogP contribution in [-0.4, -0.2) is 35.6 Å². The van der Waals surface area contributed by atoms with Crippen LogP contribution in [-0.2, 0) is 0 Å². The molecule has 0 aliphatic heterocycles. The summed E-state index contributed by atoms with van der Waals surface area (Å²) < 4.78 is 75.6. The minimum absolute atomic E-state index is 0.0376. The fraction of sp³-hybridized carbons (Fsp3) is 0.500. The molecule has 0 amide bonds. The molecule has 1 aromatic rings. The molecule has 0 aromatic heterocycles. The van der Waals surface area contributed by atoms with Crippen LogP contribution in [0, 0.1) is 0 Å². The first-order chi connectivity index (χ1) is 10.3. The lowest BCUT2D eigenvalue weighted by Crippen LogP contribution is -2.43. The highest BCUT2D eigenvalue weighted by Gasteiger charge is 2.52. The van der Waals surface area contributed by atoms with Crippen molar-refractivity contribution in [3.05, 3.63) is 35.9 Å². The summed E-state index contributed by atoms with van der Waals surface area (Å²) >= 11 is 0.804. The third kappa shape index (κ3) is 5.23. The number of hydrogen-bond acceptors (Lipinski definition) is 2.